The van der Waals surface area contributed by atoms with Gasteiger partial charge in [-0.2, -0.15) is 0 Å². The van der Waals surface area contributed by atoms with Crippen molar-refractivity contribution in [3.05, 3.63) is 35.4 Å². The zero-order chi connectivity index (χ0) is 8.55. The number of hydrogen-bond acceptors (Lipinski definition) is 2. The second-order valence-electron chi connectivity index (χ2n) is 2.36. The Morgan fingerprint density at radius 2 is 1.25 bits per heavy atom. The van der Waals surface area contributed by atoms with E-state index >= 15 is 0 Å². The third kappa shape index (κ3) is 0.852. The Kier molecular flexibility index (Phi) is 1.33. The maximum Gasteiger partial charge on any atom is 0.296 e. The van der Waals surface area contributed by atoms with Gasteiger partial charge in [-0.25, -0.2) is 0 Å². The number of azo groups is 1. The summed E-state index contributed by atoms with van der Waals surface area (Å²) < 4.78 is 0. The van der Waals surface area contributed by atoms with Gasteiger partial charge in [0.1, 0.15) is 0 Å². The van der Waals surface area contributed by atoms with Gasteiger partial charge in [-0.05, 0) is 12.1 Å². The number of nitrogens with zero attached hydrogens (tertiary/aromatic N) is 2. The first-order chi connectivity index (χ1) is 5.79. The van der Waals surface area contributed by atoms with Crippen LogP contribution < -0.4 is 0 Å². The number of amides is 2. The van der Waals surface area contributed by atoms with Gasteiger partial charge in [0.25, 0.3) is 11.8 Å². The summed E-state index contributed by atoms with van der Waals surface area (Å²) in [4.78, 5) is 22.0. The largest absolute Gasteiger partial charge is 0.296 e. The van der Waals surface area contributed by atoms with Gasteiger partial charge < -0.3 is 0 Å². The summed E-state index contributed by atoms with van der Waals surface area (Å²) >= 11 is 0. The number of hydrogen-bond donors (Lipinski definition) is 0. The van der Waals surface area contributed by atoms with Gasteiger partial charge >= 0.3 is 0 Å². The van der Waals surface area contributed by atoms with E-state index in [1.54, 1.807) is 24.3 Å². The quantitative estimate of drug-likeness (QED) is 0.576. The lowest BCUT2D eigenvalue weighted by Gasteiger charge is -2.04. The third-order valence-electron chi connectivity index (χ3n) is 1.62. The molecular weight excluding hydrogens is 156 g/mol. The normalized spacial score (nSPS) is 14.7. The highest BCUT2D eigenvalue weighted by molar-refractivity contribution is 6.10. The van der Waals surface area contributed by atoms with Crippen LogP contribution in [0.25, 0.3) is 0 Å². The van der Waals surface area contributed by atoms with Crippen LogP contribution in [0.3, 0.4) is 0 Å². The van der Waals surface area contributed by atoms with Crippen molar-refractivity contribution in [2.24, 2.45) is 10.2 Å². The highest BCUT2D eigenvalue weighted by atomic mass is 16.2. The van der Waals surface area contributed by atoms with Crippen LogP contribution in [0, 0.1) is 0 Å². The summed E-state index contributed by atoms with van der Waals surface area (Å²) in [6.07, 6.45) is 0. The fraction of sp³-hybridized carbons (Fsp3) is 0. The number of carbonyl (C=O) groups excluding carboxylic acids is 2. The maximum absolute atomic E-state index is 11.0. The molecule has 0 saturated heterocycles. The van der Waals surface area contributed by atoms with Gasteiger partial charge in [0.05, 0.1) is 11.1 Å². The molecule has 0 fully saturated rings. The molecule has 0 bridgehead atoms. The Bertz CT molecular complexity index is 359. The van der Waals surface area contributed by atoms with Gasteiger partial charge in [0, 0.05) is 0 Å². The van der Waals surface area contributed by atoms with Gasteiger partial charge in [-0.1, -0.05) is 12.1 Å². The summed E-state index contributed by atoms with van der Waals surface area (Å²) in [5.41, 5.74) is 0.662. The van der Waals surface area contributed by atoms with Crippen molar-refractivity contribution in [3.63, 3.8) is 0 Å². The molecule has 0 radical (unpaired) electrons. The number of fused-ring (bicyclic) bond motifs is 1. The fourth-order valence-electron chi connectivity index (χ4n) is 1.05. The summed E-state index contributed by atoms with van der Waals surface area (Å²) in [7, 11) is 0. The Balaban J connectivity index is 2.69. The molecule has 2 amide bonds. The van der Waals surface area contributed by atoms with Crippen LogP contribution in [0.2, 0.25) is 0 Å². The predicted octanol–water partition coefficient (Wildman–Crippen LogP) is 1.43. The molecule has 58 valence electrons. The summed E-state index contributed by atoms with van der Waals surface area (Å²) in [6, 6.07) is 6.50. The molecule has 4 heteroatoms. The number of benzene rings is 1. The molecule has 0 atom stereocenters. The van der Waals surface area contributed by atoms with Crippen molar-refractivity contribution in [2.75, 3.05) is 0 Å². The van der Waals surface area contributed by atoms with E-state index in [4.69, 9.17) is 0 Å². The summed E-state index contributed by atoms with van der Waals surface area (Å²) in [6.45, 7) is 0. The van der Waals surface area contributed by atoms with E-state index < -0.39 is 11.8 Å². The molecule has 4 nitrogen and oxygen atoms in total. The molecule has 1 aliphatic rings. The van der Waals surface area contributed by atoms with Crippen LogP contribution in [0.1, 0.15) is 20.7 Å². The van der Waals surface area contributed by atoms with Crippen molar-refractivity contribution >= 4 is 11.8 Å². The average molecular weight is 160 g/mol. The van der Waals surface area contributed by atoms with Crippen LogP contribution in [0.15, 0.2) is 34.5 Å². The molecule has 2 rings (SSSR count). The highest BCUT2D eigenvalue weighted by Gasteiger charge is 2.20. The van der Waals surface area contributed by atoms with Crippen molar-refractivity contribution in [1.82, 2.24) is 0 Å². The van der Waals surface area contributed by atoms with Crippen LogP contribution >= 0.6 is 0 Å². The van der Waals surface area contributed by atoms with Crippen molar-refractivity contribution in [2.45, 2.75) is 0 Å². The van der Waals surface area contributed by atoms with Crippen molar-refractivity contribution in [1.29, 1.82) is 0 Å². The molecule has 0 aliphatic carbocycles. The minimum Gasteiger partial charge on any atom is -0.265 e. The van der Waals surface area contributed by atoms with Crippen LogP contribution in [0.5, 0.6) is 0 Å². The monoisotopic (exact) mass is 160 g/mol. The van der Waals surface area contributed by atoms with Crippen LogP contribution in [-0.4, -0.2) is 11.8 Å². The zero-order valence-electron chi connectivity index (χ0n) is 6.02. The van der Waals surface area contributed by atoms with E-state index in [1.807, 2.05) is 0 Å². The first-order valence-electron chi connectivity index (χ1n) is 3.38. The van der Waals surface area contributed by atoms with E-state index in [1.165, 1.54) is 0 Å². The van der Waals surface area contributed by atoms with Gasteiger partial charge in [-0.3, -0.25) is 9.59 Å². The van der Waals surface area contributed by atoms with Gasteiger partial charge in [0.2, 0.25) is 0 Å². The molecule has 0 saturated carbocycles. The second-order valence-corrected chi connectivity index (χ2v) is 2.36. The predicted molar refractivity (Wildman–Crippen MR) is 40.0 cm³/mol. The lowest BCUT2D eigenvalue weighted by molar-refractivity contribution is 0.0920. The van der Waals surface area contributed by atoms with Gasteiger partial charge in [-0.15, -0.1) is 10.2 Å². The third-order valence-corrected chi connectivity index (χ3v) is 1.62. The molecule has 0 aromatic heterocycles. The van der Waals surface area contributed by atoms with E-state index in [-0.39, 0.29) is 0 Å². The molecule has 12 heavy (non-hydrogen) atoms. The highest BCUT2D eigenvalue weighted by Crippen LogP contribution is 2.15. The smallest absolute Gasteiger partial charge is 0.265 e. The second kappa shape index (κ2) is 2.34. The topological polar surface area (TPSA) is 58.9 Å². The molecule has 1 aliphatic heterocycles. The lowest BCUT2D eigenvalue weighted by Crippen LogP contribution is -2.10. The minimum atomic E-state index is -0.454. The molecule has 1 heterocycles. The molecular formula is C8H4N2O2. The zero-order valence-corrected chi connectivity index (χ0v) is 6.02. The molecule has 0 unspecified atom stereocenters. The van der Waals surface area contributed by atoms with E-state index in [0.717, 1.165) is 0 Å². The van der Waals surface area contributed by atoms with Crippen molar-refractivity contribution in [3.8, 4) is 0 Å². The Morgan fingerprint density at radius 1 is 0.833 bits per heavy atom. The SMILES string of the molecule is O=C1N=NC(=O)c2ccccc21. The lowest BCUT2D eigenvalue weighted by atomic mass is 10.1. The molecule has 0 spiro atoms. The van der Waals surface area contributed by atoms with Crippen LogP contribution in [0.4, 0.5) is 0 Å². The Hall–Kier alpha value is -1.84. The molecule has 1 aromatic carbocycles. The maximum atomic E-state index is 11.0. The van der Waals surface area contributed by atoms with Crippen LogP contribution in [-0.2, 0) is 0 Å². The minimum absolute atomic E-state index is 0.331. The Labute approximate surface area is 67.9 Å². The van der Waals surface area contributed by atoms with Crippen molar-refractivity contribution < 1.29 is 9.59 Å². The standard InChI is InChI=1S/C8H4N2O2/c11-7-5-3-1-2-4-6(5)8(12)10-9-7/h1-4H. The fourth-order valence-corrected chi connectivity index (χ4v) is 1.05. The van der Waals surface area contributed by atoms with Gasteiger partial charge in [0.15, 0.2) is 0 Å². The first-order valence-corrected chi connectivity index (χ1v) is 3.38. The van der Waals surface area contributed by atoms with E-state index in [9.17, 15) is 9.59 Å². The first kappa shape index (κ1) is 6.84. The Morgan fingerprint density at radius 3 is 1.67 bits per heavy atom. The number of carbonyl (C=O) groups is 2. The summed E-state index contributed by atoms with van der Waals surface area (Å²) in [5, 5.41) is 6.38. The molecule has 1 aromatic rings. The van der Waals surface area contributed by atoms with E-state index in [2.05, 4.69) is 10.2 Å². The number of rotatable bonds is 0. The average Bonchev–Trinajstić information content (AvgIpc) is 2.12. The molecule has 0 N–H and O–H groups in total. The van der Waals surface area contributed by atoms with E-state index in [0.29, 0.717) is 11.1 Å². The summed E-state index contributed by atoms with van der Waals surface area (Å²) in [5.74, 6) is -0.907.